The zero-order valence-electron chi connectivity index (χ0n) is 12.1. The van der Waals surface area contributed by atoms with Gasteiger partial charge in [-0.3, -0.25) is 4.79 Å². The van der Waals surface area contributed by atoms with Crippen molar-refractivity contribution in [1.82, 2.24) is 0 Å². The molecule has 0 aliphatic rings. The summed E-state index contributed by atoms with van der Waals surface area (Å²) in [5, 5.41) is 11.5. The largest absolute Gasteiger partial charge is 0.497 e. The third kappa shape index (κ3) is 3.92. The number of halogens is 2. The predicted octanol–water partition coefficient (Wildman–Crippen LogP) is 3.52. The van der Waals surface area contributed by atoms with E-state index >= 15 is 0 Å². The van der Waals surface area contributed by atoms with E-state index in [0.717, 1.165) is 18.2 Å². The molecule has 0 unspecified atom stereocenters. The molecule has 0 atom stereocenters. The molecule has 0 saturated heterocycles. The number of hydrogen-bond acceptors (Lipinski definition) is 3. The molecule has 0 saturated carbocycles. The van der Waals surface area contributed by atoms with Crippen molar-refractivity contribution in [2.75, 3.05) is 12.4 Å². The number of nitrogens with one attached hydrogen (secondary N) is 1. The van der Waals surface area contributed by atoms with Crippen LogP contribution in [0.2, 0.25) is 0 Å². The molecule has 0 radical (unpaired) electrons. The minimum absolute atomic E-state index is 0.393. The van der Waals surface area contributed by atoms with Crippen molar-refractivity contribution < 1.29 is 18.3 Å². The number of nitriles is 1. The summed E-state index contributed by atoms with van der Waals surface area (Å²) in [4.78, 5) is 12.1. The van der Waals surface area contributed by atoms with E-state index < -0.39 is 28.7 Å². The van der Waals surface area contributed by atoms with Crippen LogP contribution < -0.4 is 10.1 Å². The van der Waals surface area contributed by atoms with Gasteiger partial charge in [0.1, 0.15) is 29.0 Å². The highest BCUT2D eigenvalue weighted by Crippen LogP contribution is 2.19. The summed E-state index contributed by atoms with van der Waals surface area (Å²) in [5.74, 6) is -1.97. The van der Waals surface area contributed by atoms with Crippen molar-refractivity contribution in [3.63, 3.8) is 0 Å². The molecule has 2 aromatic carbocycles. The molecule has 23 heavy (non-hydrogen) atoms. The zero-order valence-corrected chi connectivity index (χ0v) is 12.1. The highest BCUT2D eigenvalue weighted by atomic mass is 19.1. The Balaban J connectivity index is 2.28. The molecular formula is C17H12F2N2O2. The van der Waals surface area contributed by atoms with Gasteiger partial charge in [-0.25, -0.2) is 8.78 Å². The van der Waals surface area contributed by atoms with E-state index in [0.29, 0.717) is 11.4 Å². The van der Waals surface area contributed by atoms with Crippen LogP contribution in [-0.2, 0) is 4.79 Å². The van der Waals surface area contributed by atoms with Crippen LogP contribution in [0.5, 0.6) is 5.75 Å². The summed E-state index contributed by atoms with van der Waals surface area (Å²) in [7, 11) is 1.47. The average Bonchev–Trinajstić information content (AvgIpc) is 2.54. The molecule has 0 aliphatic carbocycles. The molecule has 1 N–H and O–H groups in total. The van der Waals surface area contributed by atoms with Crippen LogP contribution in [0.15, 0.2) is 48.0 Å². The number of rotatable bonds is 4. The molecule has 0 bridgehead atoms. The first kappa shape index (κ1) is 16.2. The number of anilines is 1. The SMILES string of the molecule is COc1cccc(NC(=O)/C(C#N)=C/c2c(F)cccc2F)c1. The lowest BCUT2D eigenvalue weighted by molar-refractivity contribution is -0.112. The highest BCUT2D eigenvalue weighted by molar-refractivity contribution is 6.09. The van der Waals surface area contributed by atoms with Crippen LogP contribution in [0.3, 0.4) is 0 Å². The van der Waals surface area contributed by atoms with E-state index in [-0.39, 0.29) is 0 Å². The lowest BCUT2D eigenvalue weighted by Crippen LogP contribution is -2.13. The van der Waals surface area contributed by atoms with E-state index in [4.69, 9.17) is 10.00 Å². The maximum Gasteiger partial charge on any atom is 0.266 e. The standard InChI is InChI=1S/C17H12F2N2O2/c1-23-13-5-2-4-12(9-13)21-17(22)11(10-20)8-14-15(18)6-3-7-16(14)19/h2-9H,1H3,(H,21,22)/b11-8+. The van der Waals surface area contributed by atoms with Crippen LogP contribution in [0.25, 0.3) is 6.08 Å². The number of nitrogens with zero attached hydrogens (tertiary/aromatic N) is 1. The van der Waals surface area contributed by atoms with Gasteiger partial charge in [0.05, 0.1) is 7.11 Å². The van der Waals surface area contributed by atoms with Crippen molar-refractivity contribution in [2.45, 2.75) is 0 Å². The lowest BCUT2D eigenvalue weighted by atomic mass is 10.1. The fourth-order valence-electron chi connectivity index (χ4n) is 1.84. The molecule has 6 heteroatoms. The van der Waals surface area contributed by atoms with Gasteiger partial charge < -0.3 is 10.1 Å². The number of methoxy groups -OCH3 is 1. The summed E-state index contributed by atoms with van der Waals surface area (Å²) in [6.07, 6.45) is 0.875. The smallest absolute Gasteiger partial charge is 0.266 e. The Labute approximate surface area is 131 Å². The fraction of sp³-hybridized carbons (Fsp3) is 0.0588. The highest BCUT2D eigenvalue weighted by Gasteiger charge is 2.13. The number of carbonyl (C=O) groups is 1. The number of benzene rings is 2. The molecular weight excluding hydrogens is 302 g/mol. The first-order chi connectivity index (χ1) is 11.0. The van der Waals surface area contributed by atoms with Crippen molar-refractivity contribution in [3.8, 4) is 11.8 Å². The van der Waals surface area contributed by atoms with Gasteiger partial charge in [0.2, 0.25) is 0 Å². The van der Waals surface area contributed by atoms with Gasteiger partial charge in [0.25, 0.3) is 5.91 Å². The Hall–Kier alpha value is -3.20. The second kappa shape index (κ2) is 7.18. The van der Waals surface area contributed by atoms with Crippen molar-refractivity contribution in [3.05, 3.63) is 65.2 Å². The minimum Gasteiger partial charge on any atom is -0.497 e. The summed E-state index contributed by atoms with van der Waals surface area (Å²) in [6, 6.07) is 11.4. The number of amides is 1. The predicted molar refractivity (Wildman–Crippen MR) is 81.6 cm³/mol. The number of ether oxygens (including phenoxy) is 1. The molecule has 0 heterocycles. The number of hydrogen-bond donors (Lipinski definition) is 1. The molecule has 0 spiro atoms. The second-order valence-electron chi connectivity index (χ2n) is 4.49. The maximum absolute atomic E-state index is 13.6. The van der Waals surface area contributed by atoms with Crippen LogP contribution in [-0.4, -0.2) is 13.0 Å². The third-order valence-electron chi connectivity index (χ3n) is 2.98. The van der Waals surface area contributed by atoms with Gasteiger partial charge in [-0.05, 0) is 30.3 Å². The second-order valence-corrected chi connectivity index (χ2v) is 4.49. The third-order valence-corrected chi connectivity index (χ3v) is 2.98. The molecule has 1 amide bonds. The molecule has 0 fully saturated rings. The van der Waals surface area contributed by atoms with Crippen molar-refractivity contribution >= 4 is 17.7 Å². The van der Waals surface area contributed by atoms with E-state index in [1.165, 1.54) is 13.2 Å². The normalized spacial score (nSPS) is 10.8. The van der Waals surface area contributed by atoms with Gasteiger partial charge in [-0.15, -0.1) is 0 Å². The molecule has 0 aromatic heterocycles. The maximum atomic E-state index is 13.6. The molecule has 116 valence electrons. The van der Waals surface area contributed by atoms with Crippen LogP contribution in [0, 0.1) is 23.0 Å². The Kier molecular flexibility index (Phi) is 5.05. The van der Waals surface area contributed by atoms with Gasteiger partial charge >= 0.3 is 0 Å². The van der Waals surface area contributed by atoms with E-state index in [2.05, 4.69) is 5.32 Å². The Morgan fingerprint density at radius 2 is 1.87 bits per heavy atom. The summed E-state index contributed by atoms with van der Waals surface area (Å²) < 4.78 is 32.2. The lowest BCUT2D eigenvalue weighted by Gasteiger charge is -2.06. The van der Waals surface area contributed by atoms with Crippen LogP contribution in [0.4, 0.5) is 14.5 Å². The zero-order chi connectivity index (χ0) is 16.8. The molecule has 0 aliphatic heterocycles. The van der Waals surface area contributed by atoms with Gasteiger partial charge in [0, 0.05) is 17.3 Å². The summed E-state index contributed by atoms with van der Waals surface area (Å²) in [5.41, 5.74) is -0.467. The fourth-order valence-corrected chi connectivity index (χ4v) is 1.84. The van der Waals surface area contributed by atoms with Crippen LogP contribution in [0.1, 0.15) is 5.56 Å². The Morgan fingerprint density at radius 3 is 2.48 bits per heavy atom. The Morgan fingerprint density at radius 1 is 1.22 bits per heavy atom. The molecule has 2 rings (SSSR count). The summed E-state index contributed by atoms with van der Waals surface area (Å²) in [6.45, 7) is 0. The number of carbonyl (C=O) groups excluding carboxylic acids is 1. The first-order valence-corrected chi connectivity index (χ1v) is 6.56. The average molecular weight is 314 g/mol. The van der Waals surface area contributed by atoms with Crippen molar-refractivity contribution in [1.29, 1.82) is 5.26 Å². The molecule has 4 nitrogen and oxygen atoms in total. The quantitative estimate of drug-likeness (QED) is 0.694. The van der Waals surface area contributed by atoms with Crippen molar-refractivity contribution in [2.24, 2.45) is 0 Å². The van der Waals surface area contributed by atoms with Gasteiger partial charge in [-0.1, -0.05) is 12.1 Å². The van der Waals surface area contributed by atoms with E-state index in [1.54, 1.807) is 30.3 Å². The van der Waals surface area contributed by atoms with E-state index in [1.807, 2.05) is 0 Å². The van der Waals surface area contributed by atoms with Crippen LogP contribution >= 0.6 is 0 Å². The topological polar surface area (TPSA) is 62.1 Å². The molecule has 2 aromatic rings. The Bertz CT molecular complexity index is 790. The monoisotopic (exact) mass is 314 g/mol. The van der Waals surface area contributed by atoms with Gasteiger partial charge in [0.15, 0.2) is 0 Å². The van der Waals surface area contributed by atoms with Gasteiger partial charge in [-0.2, -0.15) is 5.26 Å². The minimum atomic E-state index is -0.855. The van der Waals surface area contributed by atoms with E-state index in [9.17, 15) is 13.6 Å². The summed E-state index contributed by atoms with van der Waals surface area (Å²) >= 11 is 0. The first-order valence-electron chi connectivity index (χ1n) is 6.56.